The number of guanidine groups is 1. The van der Waals surface area contributed by atoms with Gasteiger partial charge < -0.3 is 15.5 Å². The molecule has 0 saturated carbocycles. The molecule has 2 rings (SSSR count). The van der Waals surface area contributed by atoms with Crippen molar-refractivity contribution in [3.63, 3.8) is 0 Å². The second-order valence-corrected chi connectivity index (χ2v) is 6.34. The average molecular weight is 302 g/mol. The molecule has 0 amide bonds. The van der Waals surface area contributed by atoms with E-state index in [1.807, 2.05) is 13.1 Å². The van der Waals surface area contributed by atoms with Gasteiger partial charge in [-0.3, -0.25) is 4.99 Å². The molecule has 0 radical (unpaired) electrons. The average Bonchev–Trinajstić information content (AvgIpc) is 3.05. The van der Waals surface area contributed by atoms with E-state index >= 15 is 0 Å². The molecule has 22 heavy (non-hydrogen) atoms. The molecule has 2 unspecified atom stereocenters. The van der Waals surface area contributed by atoms with Crippen molar-refractivity contribution in [2.24, 2.45) is 10.9 Å². The molecule has 1 fully saturated rings. The SMILES string of the molecule is CN=C(NCC(C)CN1CCCC1)NC(C)c1ccccc1. The van der Waals surface area contributed by atoms with Gasteiger partial charge in [0.15, 0.2) is 5.96 Å². The third-order valence-corrected chi connectivity index (χ3v) is 4.26. The highest BCUT2D eigenvalue weighted by Crippen LogP contribution is 2.11. The van der Waals surface area contributed by atoms with Gasteiger partial charge >= 0.3 is 0 Å². The Morgan fingerprint density at radius 2 is 1.86 bits per heavy atom. The number of nitrogens with one attached hydrogen (secondary N) is 2. The molecule has 122 valence electrons. The maximum atomic E-state index is 4.34. The monoisotopic (exact) mass is 302 g/mol. The van der Waals surface area contributed by atoms with E-state index in [1.54, 1.807) is 0 Å². The molecule has 4 nitrogen and oxygen atoms in total. The van der Waals surface area contributed by atoms with E-state index in [0.717, 1.165) is 12.5 Å². The fraction of sp³-hybridized carbons (Fsp3) is 0.611. The van der Waals surface area contributed by atoms with Crippen molar-refractivity contribution in [2.75, 3.05) is 33.2 Å². The normalized spacial score (nSPS) is 19.0. The van der Waals surface area contributed by atoms with Crippen molar-refractivity contribution in [2.45, 2.75) is 32.7 Å². The second kappa shape index (κ2) is 8.79. The number of hydrogen-bond donors (Lipinski definition) is 2. The van der Waals surface area contributed by atoms with Crippen molar-refractivity contribution in [1.82, 2.24) is 15.5 Å². The molecular formula is C18H30N4. The summed E-state index contributed by atoms with van der Waals surface area (Å²) < 4.78 is 0. The summed E-state index contributed by atoms with van der Waals surface area (Å²) >= 11 is 0. The molecule has 1 heterocycles. The number of hydrogen-bond acceptors (Lipinski definition) is 2. The van der Waals surface area contributed by atoms with Crippen LogP contribution >= 0.6 is 0 Å². The first-order chi connectivity index (χ1) is 10.7. The van der Waals surface area contributed by atoms with Crippen LogP contribution in [0.3, 0.4) is 0 Å². The summed E-state index contributed by atoms with van der Waals surface area (Å²) in [5, 5.41) is 6.91. The largest absolute Gasteiger partial charge is 0.356 e. The van der Waals surface area contributed by atoms with Gasteiger partial charge in [0.1, 0.15) is 0 Å². The van der Waals surface area contributed by atoms with Crippen molar-refractivity contribution >= 4 is 5.96 Å². The fourth-order valence-corrected chi connectivity index (χ4v) is 2.97. The van der Waals surface area contributed by atoms with Crippen LogP contribution in [0.25, 0.3) is 0 Å². The molecular weight excluding hydrogens is 272 g/mol. The lowest BCUT2D eigenvalue weighted by molar-refractivity contribution is 0.287. The third kappa shape index (κ3) is 5.34. The van der Waals surface area contributed by atoms with Crippen LogP contribution in [0.4, 0.5) is 0 Å². The lowest BCUT2D eigenvalue weighted by atomic mass is 10.1. The topological polar surface area (TPSA) is 39.7 Å². The van der Waals surface area contributed by atoms with Crippen LogP contribution < -0.4 is 10.6 Å². The third-order valence-electron chi connectivity index (χ3n) is 4.26. The molecule has 1 aromatic rings. The highest BCUT2D eigenvalue weighted by atomic mass is 15.2. The standard InChI is InChI=1S/C18H30N4/c1-15(14-22-11-7-8-12-22)13-20-18(19-3)21-16(2)17-9-5-4-6-10-17/h4-6,9-10,15-16H,7-8,11-14H2,1-3H3,(H2,19,20,21). The zero-order valence-electron chi connectivity index (χ0n) is 14.2. The van der Waals surface area contributed by atoms with Gasteiger partial charge in [-0.2, -0.15) is 0 Å². The first-order valence-corrected chi connectivity index (χ1v) is 8.43. The Labute approximate surface area is 135 Å². The maximum Gasteiger partial charge on any atom is 0.191 e. The van der Waals surface area contributed by atoms with Crippen LogP contribution in [0.5, 0.6) is 0 Å². The van der Waals surface area contributed by atoms with Crippen molar-refractivity contribution in [3.8, 4) is 0 Å². The molecule has 0 aliphatic carbocycles. The number of nitrogens with zero attached hydrogens (tertiary/aromatic N) is 2. The van der Waals surface area contributed by atoms with Crippen LogP contribution in [-0.4, -0.2) is 44.1 Å². The molecule has 2 atom stereocenters. The number of rotatable bonds is 6. The predicted molar refractivity (Wildman–Crippen MR) is 94.2 cm³/mol. The van der Waals surface area contributed by atoms with Gasteiger partial charge in [0.05, 0.1) is 6.04 Å². The highest BCUT2D eigenvalue weighted by Gasteiger charge is 2.15. The van der Waals surface area contributed by atoms with Crippen LogP contribution in [-0.2, 0) is 0 Å². The summed E-state index contributed by atoms with van der Waals surface area (Å²) in [7, 11) is 1.83. The Morgan fingerprint density at radius 3 is 2.50 bits per heavy atom. The Balaban J connectivity index is 1.74. The number of benzene rings is 1. The molecule has 0 aromatic heterocycles. The predicted octanol–water partition coefficient (Wildman–Crippen LogP) is 2.64. The molecule has 1 aliphatic heterocycles. The van der Waals surface area contributed by atoms with E-state index in [9.17, 15) is 0 Å². The van der Waals surface area contributed by atoms with Crippen molar-refractivity contribution in [3.05, 3.63) is 35.9 Å². The summed E-state index contributed by atoms with van der Waals surface area (Å²) in [5.41, 5.74) is 1.27. The molecule has 1 aliphatic rings. The first kappa shape index (κ1) is 16.8. The first-order valence-electron chi connectivity index (χ1n) is 8.43. The molecule has 0 spiro atoms. The van der Waals surface area contributed by atoms with Crippen LogP contribution in [0.2, 0.25) is 0 Å². The zero-order chi connectivity index (χ0) is 15.8. The van der Waals surface area contributed by atoms with Crippen molar-refractivity contribution in [1.29, 1.82) is 0 Å². The summed E-state index contributed by atoms with van der Waals surface area (Å²) in [4.78, 5) is 6.90. The molecule has 2 N–H and O–H groups in total. The van der Waals surface area contributed by atoms with E-state index < -0.39 is 0 Å². The quantitative estimate of drug-likeness (QED) is 0.627. The van der Waals surface area contributed by atoms with Crippen LogP contribution in [0, 0.1) is 5.92 Å². The minimum absolute atomic E-state index is 0.251. The van der Waals surface area contributed by atoms with Gasteiger partial charge in [0.2, 0.25) is 0 Å². The van der Waals surface area contributed by atoms with Gasteiger partial charge in [-0.25, -0.2) is 0 Å². The van der Waals surface area contributed by atoms with E-state index in [-0.39, 0.29) is 6.04 Å². The zero-order valence-corrected chi connectivity index (χ0v) is 14.2. The fourth-order valence-electron chi connectivity index (χ4n) is 2.97. The van der Waals surface area contributed by atoms with E-state index in [0.29, 0.717) is 5.92 Å². The molecule has 1 saturated heterocycles. The summed E-state index contributed by atoms with van der Waals surface area (Å²) in [5.74, 6) is 1.51. The number of aliphatic imine (C=N–C) groups is 1. The Hall–Kier alpha value is -1.55. The Kier molecular flexibility index (Phi) is 6.72. The van der Waals surface area contributed by atoms with E-state index in [2.05, 4.69) is 58.6 Å². The van der Waals surface area contributed by atoms with Gasteiger partial charge in [-0.05, 0) is 44.3 Å². The van der Waals surface area contributed by atoms with E-state index in [4.69, 9.17) is 0 Å². The minimum atomic E-state index is 0.251. The van der Waals surface area contributed by atoms with Gasteiger partial charge in [-0.15, -0.1) is 0 Å². The summed E-state index contributed by atoms with van der Waals surface area (Å²) in [6.07, 6.45) is 2.72. The lowest BCUT2D eigenvalue weighted by Crippen LogP contribution is -2.42. The Bertz CT molecular complexity index is 451. The van der Waals surface area contributed by atoms with Crippen LogP contribution in [0.15, 0.2) is 35.3 Å². The summed E-state index contributed by atoms with van der Waals surface area (Å²) in [6, 6.07) is 10.7. The number of likely N-dealkylation sites (tertiary alicyclic amines) is 1. The van der Waals surface area contributed by atoms with Gasteiger partial charge in [0.25, 0.3) is 0 Å². The lowest BCUT2D eigenvalue weighted by Gasteiger charge is -2.23. The van der Waals surface area contributed by atoms with E-state index in [1.165, 1.54) is 38.0 Å². The van der Waals surface area contributed by atoms with Crippen LogP contribution in [0.1, 0.15) is 38.3 Å². The smallest absolute Gasteiger partial charge is 0.191 e. The minimum Gasteiger partial charge on any atom is -0.356 e. The molecule has 4 heteroatoms. The van der Waals surface area contributed by atoms with Gasteiger partial charge in [0, 0.05) is 20.1 Å². The summed E-state index contributed by atoms with van der Waals surface area (Å²) in [6.45, 7) is 9.13. The van der Waals surface area contributed by atoms with Crippen molar-refractivity contribution < 1.29 is 0 Å². The molecule has 0 bridgehead atoms. The highest BCUT2D eigenvalue weighted by molar-refractivity contribution is 5.80. The Morgan fingerprint density at radius 1 is 1.18 bits per heavy atom. The second-order valence-electron chi connectivity index (χ2n) is 6.34. The van der Waals surface area contributed by atoms with Gasteiger partial charge in [-0.1, -0.05) is 37.3 Å². The maximum absolute atomic E-state index is 4.34. The molecule has 1 aromatic carbocycles.